The molecule has 1 aliphatic rings. The lowest BCUT2D eigenvalue weighted by molar-refractivity contribution is -0.00780. The van der Waals surface area contributed by atoms with Crippen molar-refractivity contribution < 1.29 is 4.74 Å². The summed E-state index contributed by atoms with van der Waals surface area (Å²) in [6, 6.07) is 9.64. The van der Waals surface area contributed by atoms with Gasteiger partial charge in [-0.3, -0.25) is 0 Å². The van der Waals surface area contributed by atoms with Crippen molar-refractivity contribution in [2.45, 2.75) is 51.3 Å². The standard InChI is InChI=1S/C15H23NO/c1-11(15(2,3)17-4)16-14-9-12-7-5-6-8-13(12)10-14/h5-8,11,14,16H,9-10H2,1-4H3. The summed E-state index contributed by atoms with van der Waals surface area (Å²) in [5, 5.41) is 3.69. The lowest BCUT2D eigenvalue weighted by Crippen LogP contribution is -2.50. The topological polar surface area (TPSA) is 21.3 Å². The second-order valence-electron chi connectivity index (χ2n) is 5.57. The van der Waals surface area contributed by atoms with E-state index in [1.54, 1.807) is 7.11 Å². The first-order valence-electron chi connectivity index (χ1n) is 6.41. The smallest absolute Gasteiger partial charge is 0.0772 e. The number of ether oxygens (including phenoxy) is 1. The quantitative estimate of drug-likeness (QED) is 0.863. The van der Waals surface area contributed by atoms with Gasteiger partial charge in [0, 0.05) is 19.2 Å². The Hall–Kier alpha value is -0.860. The van der Waals surface area contributed by atoms with Gasteiger partial charge in [-0.05, 0) is 44.7 Å². The van der Waals surface area contributed by atoms with Crippen LogP contribution in [-0.2, 0) is 17.6 Å². The number of fused-ring (bicyclic) bond motifs is 1. The molecule has 0 bridgehead atoms. The van der Waals surface area contributed by atoms with E-state index in [4.69, 9.17) is 4.74 Å². The van der Waals surface area contributed by atoms with E-state index in [9.17, 15) is 0 Å². The zero-order valence-electron chi connectivity index (χ0n) is 11.3. The maximum Gasteiger partial charge on any atom is 0.0772 e. The van der Waals surface area contributed by atoms with Gasteiger partial charge in [-0.1, -0.05) is 24.3 Å². The summed E-state index contributed by atoms with van der Waals surface area (Å²) >= 11 is 0. The van der Waals surface area contributed by atoms with Gasteiger partial charge in [-0.25, -0.2) is 0 Å². The molecule has 1 aromatic carbocycles. The van der Waals surface area contributed by atoms with Gasteiger partial charge in [0.05, 0.1) is 5.60 Å². The molecule has 0 aliphatic heterocycles. The highest BCUT2D eigenvalue weighted by Crippen LogP contribution is 2.23. The van der Waals surface area contributed by atoms with E-state index in [1.807, 2.05) is 0 Å². The van der Waals surface area contributed by atoms with Crippen molar-refractivity contribution in [1.82, 2.24) is 5.32 Å². The normalized spacial score (nSPS) is 18.1. The number of benzene rings is 1. The zero-order valence-corrected chi connectivity index (χ0v) is 11.3. The molecule has 0 radical (unpaired) electrons. The van der Waals surface area contributed by atoms with Crippen LogP contribution in [0, 0.1) is 0 Å². The first-order chi connectivity index (χ1) is 8.03. The maximum absolute atomic E-state index is 5.52. The van der Waals surface area contributed by atoms with Crippen LogP contribution in [0.5, 0.6) is 0 Å². The van der Waals surface area contributed by atoms with E-state index >= 15 is 0 Å². The van der Waals surface area contributed by atoms with Gasteiger partial charge in [-0.2, -0.15) is 0 Å². The monoisotopic (exact) mass is 233 g/mol. The van der Waals surface area contributed by atoms with E-state index in [2.05, 4.69) is 50.4 Å². The van der Waals surface area contributed by atoms with Crippen molar-refractivity contribution in [3.8, 4) is 0 Å². The van der Waals surface area contributed by atoms with Crippen LogP contribution in [0.3, 0.4) is 0 Å². The SMILES string of the molecule is COC(C)(C)C(C)NC1Cc2ccccc2C1. The van der Waals surface area contributed by atoms with Crippen LogP contribution in [0.25, 0.3) is 0 Å². The van der Waals surface area contributed by atoms with Gasteiger partial charge in [-0.15, -0.1) is 0 Å². The van der Waals surface area contributed by atoms with Crippen LogP contribution < -0.4 is 5.32 Å². The van der Waals surface area contributed by atoms with Gasteiger partial charge in [0.1, 0.15) is 0 Å². The predicted molar refractivity (Wildman–Crippen MR) is 71.3 cm³/mol. The fourth-order valence-corrected chi connectivity index (χ4v) is 2.41. The lowest BCUT2D eigenvalue weighted by Gasteiger charge is -2.33. The third-order valence-corrected chi connectivity index (χ3v) is 4.11. The summed E-state index contributed by atoms with van der Waals surface area (Å²) in [6.45, 7) is 6.46. The van der Waals surface area contributed by atoms with Gasteiger partial charge in [0.2, 0.25) is 0 Å². The summed E-state index contributed by atoms with van der Waals surface area (Å²) in [6.07, 6.45) is 2.28. The Morgan fingerprint density at radius 1 is 1.24 bits per heavy atom. The minimum Gasteiger partial charge on any atom is -0.377 e. The minimum absolute atomic E-state index is 0.116. The molecular weight excluding hydrogens is 210 g/mol. The Morgan fingerprint density at radius 2 is 1.76 bits per heavy atom. The second-order valence-corrected chi connectivity index (χ2v) is 5.57. The molecule has 1 aliphatic carbocycles. The molecule has 0 spiro atoms. The number of nitrogens with one attached hydrogen (secondary N) is 1. The summed E-state index contributed by atoms with van der Waals surface area (Å²) in [5.74, 6) is 0. The Bertz CT molecular complexity index is 361. The molecule has 0 aromatic heterocycles. The van der Waals surface area contributed by atoms with Crippen LogP contribution >= 0.6 is 0 Å². The van der Waals surface area contributed by atoms with Crippen LogP contribution in [0.15, 0.2) is 24.3 Å². The molecule has 1 unspecified atom stereocenters. The van der Waals surface area contributed by atoms with Gasteiger partial charge >= 0.3 is 0 Å². The highest BCUT2D eigenvalue weighted by molar-refractivity contribution is 5.33. The van der Waals surface area contributed by atoms with Crippen molar-refractivity contribution in [3.63, 3.8) is 0 Å². The maximum atomic E-state index is 5.52. The predicted octanol–water partition coefficient (Wildman–Crippen LogP) is 2.56. The Balaban J connectivity index is 1.96. The molecule has 17 heavy (non-hydrogen) atoms. The molecule has 0 heterocycles. The van der Waals surface area contributed by atoms with Crippen LogP contribution in [-0.4, -0.2) is 24.8 Å². The molecule has 1 atom stereocenters. The molecule has 0 amide bonds. The molecule has 2 heteroatoms. The fraction of sp³-hybridized carbons (Fsp3) is 0.600. The first kappa shape index (κ1) is 12.6. The zero-order chi connectivity index (χ0) is 12.5. The average Bonchev–Trinajstić information content (AvgIpc) is 2.70. The van der Waals surface area contributed by atoms with Crippen LogP contribution in [0.4, 0.5) is 0 Å². The van der Waals surface area contributed by atoms with Gasteiger partial charge < -0.3 is 10.1 Å². The lowest BCUT2D eigenvalue weighted by atomic mass is 9.99. The second kappa shape index (κ2) is 4.79. The third kappa shape index (κ3) is 2.70. The number of methoxy groups -OCH3 is 1. The van der Waals surface area contributed by atoms with Crippen molar-refractivity contribution in [2.24, 2.45) is 0 Å². The van der Waals surface area contributed by atoms with E-state index in [-0.39, 0.29) is 5.60 Å². The van der Waals surface area contributed by atoms with Crippen molar-refractivity contribution >= 4 is 0 Å². The van der Waals surface area contributed by atoms with E-state index in [0.717, 1.165) is 12.8 Å². The highest BCUT2D eigenvalue weighted by Gasteiger charge is 2.29. The van der Waals surface area contributed by atoms with Crippen molar-refractivity contribution in [2.75, 3.05) is 7.11 Å². The fourth-order valence-electron chi connectivity index (χ4n) is 2.41. The first-order valence-corrected chi connectivity index (χ1v) is 6.41. The Kier molecular flexibility index (Phi) is 3.55. The van der Waals surface area contributed by atoms with E-state index in [0.29, 0.717) is 12.1 Å². The molecule has 1 N–H and O–H groups in total. The molecular formula is C15H23NO. The molecule has 1 aromatic rings. The Labute approximate surface area is 104 Å². The van der Waals surface area contributed by atoms with Crippen molar-refractivity contribution in [1.29, 1.82) is 0 Å². The number of hydrogen-bond acceptors (Lipinski definition) is 2. The van der Waals surface area contributed by atoms with Crippen molar-refractivity contribution in [3.05, 3.63) is 35.4 Å². The molecule has 94 valence electrons. The number of rotatable bonds is 4. The summed E-state index contributed by atoms with van der Waals surface area (Å²) in [4.78, 5) is 0. The third-order valence-electron chi connectivity index (χ3n) is 4.11. The molecule has 0 saturated heterocycles. The average molecular weight is 233 g/mol. The summed E-state index contributed by atoms with van der Waals surface area (Å²) < 4.78 is 5.52. The molecule has 0 saturated carbocycles. The van der Waals surface area contributed by atoms with Gasteiger partial charge in [0.15, 0.2) is 0 Å². The minimum atomic E-state index is -0.116. The Morgan fingerprint density at radius 3 is 2.24 bits per heavy atom. The highest BCUT2D eigenvalue weighted by atomic mass is 16.5. The van der Waals surface area contributed by atoms with Crippen LogP contribution in [0.1, 0.15) is 31.9 Å². The van der Waals surface area contributed by atoms with Gasteiger partial charge in [0.25, 0.3) is 0 Å². The van der Waals surface area contributed by atoms with E-state index < -0.39 is 0 Å². The van der Waals surface area contributed by atoms with Crippen LogP contribution in [0.2, 0.25) is 0 Å². The molecule has 0 fully saturated rings. The largest absolute Gasteiger partial charge is 0.377 e. The summed E-state index contributed by atoms with van der Waals surface area (Å²) in [5.41, 5.74) is 2.87. The number of hydrogen-bond donors (Lipinski definition) is 1. The molecule has 2 nitrogen and oxygen atoms in total. The molecule has 2 rings (SSSR count). The van der Waals surface area contributed by atoms with E-state index in [1.165, 1.54) is 11.1 Å². The summed E-state index contributed by atoms with van der Waals surface area (Å²) in [7, 11) is 1.78.